The lowest BCUT2D eigenvalue weighted by Gasteiger charge is -2.30. The quantitative estimate of drug-likeness (QED) is 0.597. The summed E-state index contributed by atoms with van der Waals surface area (Å²) in [4.78, 5) is 0. The molecule has 10 heavy (non-hydrogen) atoms. The SMILES string of the molecule is C=CC(NC)C(C)(C)OC. The van der Waals surface area contributed by atoms with Crippen LogP contribution >= 0.6 is 0 Å². The van der Waals surface area contributed by atoms with Gasteiger partial charge in [-0.15, -0.1) is 6.58 Å². The van der Waals surface area contributed by atoms with Gasteiger partial charge in [0.05, 0.1) is 11.6 Å². The minimum absolute atomic E-state index is 0.170. The van der Waals surface area contributed by atoms with Crippen molar-refractivity contribution < 1.29 is 4.74 Å². The molecule has 0 fully saturated rings. The van der Waals surface area contributed by atoms with E-state index in [1.807, 2.05) is 27.0 Å². The number of likely N-dealkylation sites (N-methyl/N-ethyl adjacent to an activating group) is 1. The van der Waals surface area contributed by atoms with Crippen LogP contribution < -0.4 is 5.32 Å². The van der Waals surface area contributed by atoms with Gasteiger partial charge in [0.2, 0.25) is 0 Å². The summed E-state index contributed by atoms with van der Waals surface area (Å²) in [6.07, 6.45) is 1.85. The largest absolute Gasteiger partial charge is 0.377 e. The van der Waals surface area contributed by atoms with E-state index in [0.717, 1.165) is 0 Å². The molecule has 1 unspecified atom stereocenters. The molecule has 0 aromatic heterocycles. The second-order valence-corrected chi connectivity index (χ2v) is 2.81. The third-order valence-electron chi connectivity index (χ3n) is 1.82. The molecule has 0 spiro atoms. The minimum atomic E-state index is -0.170. The average molecular weight is 143 g/mol. The number of nitrogens with one attached hydrogen (secondary N) is 1. The summed E-state index contributed by atoms with van der Waals surface area (Å²) < 4.78 is 5.25. The number of methoxy groups -OCH3 is 1. The van der Waals surface area contributed by atoms with Gasteiger partial charge >= 0.3 is 0 Å². The second kappa shape index (κ2) is 3.74. The van der Waals surface area contributed by atoms with Crippen LogP contribution in [0.5, 0.6) is 0 Å². The van der Waals surface area contributed by atoms with Crippen molar-refractivity contribution in [1.29, 1.82) is 0 Å². The number of ether oxygens (including phenoxy) is 1. The summed E-state index contributed by atoms with van der Waals surface area (Å²) in [6.45, 7) is 7.75. The molecular formula is C8H17NO. The molecule has 0 radical (unpaired) electrons. The van der Waals surface area contributed by atoms with Gasteiger partial charge in [0.1, 0.15) is 0 Å². The van der Waals surface area contributed by atoms with E-state index in [9.17, 15) is 0 Å². The van der Waals surface area contributed by atoms with E-state index in [0.29, 0.717) is 0 Å². The lowest BCUT2D eigenvalue weighted by molar-refractivity contribution is 0.00494. The second-order valence-electron chi connectivity index (χ2n) is 2.81. The van der Waals surface area contributed by atoms with Gasteiger partial charge in [-0.2, -0.15) is 0 Å². The van der Waals surface area contributed by atoms with Crippen molar-refractivity contribution in [3.8, 4) is 0 Å². The van der Waals surface area contributed by atoms with Gasteiger partial charge in [-0.25, -0.2) is 0 Å². The van der Waals surface area contributed by atoms with Crippen molar-refractivity contribution in [3.63, 3.8) is 0 Å². The molecule has 2 heteroatoms. The van der Waals surface area contributed by atoms with E-state index in [2.05, 4.69) is 11.9 Å². The minimum Gasteiger partial charge on any atom is -0.377 e. The fraction of sp³-hybridized carbons (Fsp3) is 0.750. The molecule has 1 N–H and O–H groups in total. The molecule has 1 atom stereocenters. The van der Waals surface area contributed by atoms with Crippen LogP contribution in [0.15, 0.2) is 12.7 Å². The van der Waals surface area contributed by atoms with Crippen LogP contribution in [0.25, 0.3) is 0 Å². The Labute approximate surface area is 63.3 Å². The van der Waals surface area contributed by atoms with Crippen molar-refractivity contribution in [2.75, 3.05) is 14.2 Å². The normalized spacial score (nSPS) is 14.8. The third kappa shape index (κ3) is 2.12. The van der Waals surface area contributed by atoms with Gasteiger partial charge in [-0.1, -0.05) is 6.08 Å². The maximum Gasteiger partial charge on any atom is 0.0810 e. The number of rotatable bonds is 4. The Morgan fingerprint density at radius 2 is 2.10 bits per heavy atom. The van der Waals surface area contributed by atoms with Crippen molar-refractivity contribution in [2.24, 2.45) is 0 Å². The summed E-state index contributed by atoms with van der Waals surface area (Å²) in [5.41, 5.74) is -0.170. The Balaban J connectivity index is 4.10. The molecule has 0 bridgehead atoms. The first-order chi connectivity index (χ1) is 4.58. The Morgan fingerprint density at radius 3 is 2.20 bits per heavy atom. The molecule has 0 amide bonds. The molecule has 0 aliphatic carbocycles. The zero-order valence-electron chi connectivity index (χ0n) is 7.27. The van der Waals surface area contributed by atoms with Crippen LogP contribution in [-0.4, -0.2) is 25.8 Å². The maximum atomic E-state index is 5.25. The van der Waals surface area contributed by atoms with Crippen LogP contribution in [0.1, 0.15) is 13.8 Å². The van der Waals surface area contributed by atoms with Crippen LogP contribution in [-0.2, 0) is 4.74 Å². The van der Waals surface area contributed by atoms with Crippen LogP contribution in [0, 0.1) is 0 Å². The van der Waals surface area contributed by atoms with E-state index in [4.69, 9.17) is 4.74 Å². The molecule has 0 saturated heterocycles. The molecule has 60 valence electrons. The van der Waals surface area contributed by atoms with Gasteiger partial charge in [0.15, 0.2) is 0 Å². The molecule has 0 aliphatic heterocycles. The van der Waals surface area contributed by atoms with E-state index in [1.165, 1.54) is 0 Å². The standard InChI is InChI=1S/C8H17NO/c1-6-7(9-4)8(2,3)10-5/h6-7,9H,1H2,2-5H3. The van der Waals surface area contributed by atoms with Gasteiger partial charge in [0, 0.05) is 7.11 Å². The fourth-order valence-electron chi connectivity index (χ4n) is 0.876. The van der Waals surface area contributed by atoms with Crippen LogP contribution in [0.3, 0.4) is 0 Å². The topological polar surface area (TPSA) is 21.3 Å². The molecule has 0 aliphatic rings. The van der Waals surface area contributed by atoms with Crippen molar-refractivity contribution in [1.82, 2.24) is 5.32 Å². The highest BCUT2D eigenvalue weighted by Gasteiger charge is 2.24. The smallest absolute Gasteiger partial charge is 0.0810 e. The first kappa shape index (κ1) is 9.66. The third-order valence-corrected chi connectivity index (χ3v) is 1.82. The molecule has 0 saturated carbocycles. The zero-order valence-corrected chi connectivity index (χ0v) is 7.27. The summed E-state index contributed by atoms with van der Waals surface area (Å²) in [5.74, 6) is 0. The van der Waals surface area contributed by atoms with Gasteiger partial charge in [-0.05, 0) is 20.9 Å². The Bertz CT molecular complexity index is 110. The van der Waals surface area contributed by atoms with E-state index in [-0.39, 0.29) is 11.6 Å². The highest BCUT2D eigenvalue weighted by molar-refractivity contribution is 4.96. The summed E-state index contributed by atoms with van der Waals surface area (Å²) in [7, 11) is 3.60. The number of hydrogen-bond donors (Lipinski definition) is 1. The van der Waals surface area contributed by atoms with Crippen molar-refractivity contribution in [2.45, 2.75) is 25.5 Å². The Hall–Kier alpha value is -0.340. The maximum absolute atomic E-state index is 5.25. The lowest BCUT2D eigenvalue weighted by Crippen LogP contribution is -2.44. The number of hydrogen-bond acceptors (Lipinski definition) is 2. The molecule has 0 rings (SSSR count). The van der Waals surface area contributed by atoms with Gasteiger partial charge in [0.25, 0.3) is 0 Å². The fourth-order valence-corrected chi connectivity index (χ4v) is 0.876. The first-order valence-electron chi connectivity index (χ1n) is 3.43. The molecular weight excluding hydrogens is 126 g/mol. The molecule has 0 heterocycles. The average Bonchev–Trinajstić information content (AvgIpc) is 1.90. The van der Waals surface area contributed by atoms with Crippen molar-refractivity contribution >= 4 is 0 Å². The van der Waals surface area contributed by atoms with E-state index in [1.54, 1.807) is 7.11 Å². The summed E-state index contributed by atoms with van der Waals surface area (Å²) in [5, 5.41) is 3.10. The van der Waals surface area contributed by atoms with Crippen LogP contribution in [0.4, 0.5) is 0 Å². The van der Waals surface area contributed by atoms with Crippen LogP contribution in [0.2, 0.25) is 0 Å². The van der Waals surface area contributed by atoms with Crippen molar-refractivity contribution in [3.05, 3.63) is 12.7 Å². The predicted molar refractivity (Wildman–Crippen MR) is 44.1 cm³/mol. The Morgan fingerprint density at radius 1 is 1.60 bits per heavy atom. The predicted octanol–water partition coefficient (Wildman–Crippen LogP) is 1.19. The molecule has 2 nitrogen and oxygen atoms in total. The van der Waals surface area contributed by atoms with Gasteiger partial charge < -0.3 is 10.1 Å². The lowest BCUT2D eigenvalue weighted by atomic mass is 9.99. The van der Waals surface area contributed by atoms with E-state index >= 15 is 0 Å². The zero-order chi connectivity index (χ0) is 8.20. The summed E-state index contributed by atoms with van der Waals surface area (Å²) in [6, 6.07) is 0.206. The highest BCUT2D eigenvalue weighted by atomic mass is 16.5. The van der Waals surface area contributed by atoms with E-state index < -0.39 is 0 Å². The Kier molecular flexibility index (Phi) is 3.61. The molecule has 0 aromatic rings. The first-order valence-corrected chi connectivity index (χ1v) is 3.43. The monoisotopic (exact) mass is 143 g/mol. The summed E-state index contributed by atoms with van der Waals surface area (Å²) >= 11 is 0. The molecule has 0 aromatic carbocycles. The van der Waals surface area contributed by atoms with Gasteiger partial charge in [-0.3, -0.25) is 0 Å². The highest BCUT2D eigenvalue weighted by Crippen LogP contribution is 2.13.